The molecule has 0 spiro atoms. The Hall–Kier alpha value is -3.17. The minimum Gasteiger partial charge on any atom is -0.497 e. The van der Waals surface area contributed by atoms with E-state index in [1.54, 1.807) is 7.11 Å². The summed E-state index contributed by atoms with van der Waals surface area (Å²) in [4.78, 5) is 17.0. The Balaban J connectivity index is 1.36. The van der Waals surface area contributed by atoms with E-state index in [0.717, 1.165) is 29.0 Å². The van der Waals surface area contributed by atoms with Crippen molar-refractivity contribution >= 4 is 34.1 Å². The maximum Gasteiger partial charge on any atom is 0.236 e. The van der Waals surface area contributed by atoms with E-state index in [9.17, 15) is 4.79 Å². The molecule has 0 aliphatic heterocycles. The fourth-order valence-corrected chi connectivity index (χ4v) is 4.56. The molecule has 0 unspecified atom stereocenters. The summed E-state index contributed by atoms with van der Waals surface area (Å²) in [5.41, 5.74) is 4.08. The molecule has 0 radical (unpaired) electrons. The Morgan fingerprint density at radius 1 is 1.16 bits per heavy atom. The maximum absolute atomic E-state index is 12.4. The second kappa shape index (κ2) is 9.97. The second-order valence-electron chi connectivity index (χ2n) is 7.02. The Bertz CT molecular complexity index is 1220. The minimum absolute atomic E-state index is 0.136. The van der Waals surface area contributed by atoms with Gasteiger partial charge in [-0.15, -0.1) is 21.5 Å². The summed E-state index contributed by atoms with van der Waals surface area (Å²) in [5, 5.41) is 14.6. The number of nitrogens with one attached hydrogen (secondary N) is 1. The molecule has 0 bridgehead atoms. The molecular formula is C23H23N5O2S2. The lowest BCUT2D eigenvalue weighted by Crippen LogP contribution is -2.14. The molecule has 4 rings (SSSR count). The molecule has 7 nitrogen and oxygen atoms in total. The van der Waals surface area contributed by atoms with Crippen LogP contribution in [0.3, 0.4) is 0 Å². The summed E-state index contributed by atoms with van der Waals surface area (Å²) in [6, 6.07) is 16.0. The molecule has 1 amide bonds. The van der Waals surface area contributed by atoms with Gasteiger partial charge in [0.05, 0.1) is 18.6 Å². The summed E-state index contributed by atoms with van der Waals surface area (Å²) < 4.78 is 7.15. The predicted molar refractivity (Wildman–Crippen MR) is 129 cm³/mol. The van der Waals surface area contributed by atoms with Crippen molar-refractivity contribution in [2.24, 2.45) is 7.05 Å². The Labute approximate surface area is 194 Å². The van der Waals surface area contributed by atoms with Crippen LogP contribution >= 0.6 is 23.1 Å². The molecule has 0 saturated carbocycles. The molecule has 0 fully saturated rings. The Kier molecular flexibility index (Phi) is 6.87. The summed E-state index contributed by atoms with van der Waals surface area (Å²) in [5.74, 6) is 1.54. The van der Waals surface area contributed by atoms with Crippen molar-refractivity contribution in [2.45, 2.75) is 18.5 Å². The highest BCUT2D eigenvalue weighted by Gasteiger charge is 2.14. The number of methoxy groups -OCH3 is 1. The first kappa shape index (κ1) is 22.0. The molecular weight excluding hydrogens is 442 g/mol. The van der Waals surface area contributed by atoms with Gasteiger partial charge < -0.3 is 14.6 Å². The monoisotopic (exact) mass is 465 g/mol. The zero-order valence-electron chi connectivity index (χ0n) is 18.0. The Morgan fingerprint density at radius 2 is 1.97 bits per heavy atom. The van der Waals surface area contributed by atoms with Crippen LogP contribution in [0.2, 0.25) is 0 Å². The smallest absolute Gasteiger partial charge is 0.236 e. The highest BCUT2D eigenvalue weighted by molar-refractivity contribution is 7.99. The van der Waals surface area contributed by atoms with Crippen LogP contribution in [0, 0.1) is 0 Å². The van der Waals surface area contributed by atoms with Gasteiger partial charge in [0.25, 0.3) is 0 Å². The maximum atomic E-state index is 12.4. The third kappa shape index (κ3) is 5.00. The number of anilines is 1. The van der Waals surface area contributed by atoms with E-state index in [0.29, 0.717) is 16.1 Å². The van der Waals surface area contributed by atoms with E-state index in [1.807, 2.05) is 41.3 Å². The number of hydrogen-bond donors (Lipinski definition) is 1. The van der Waals surface area contributed by atoms with Crippen molar-refractivity contribution in [1.29, 1.82) is 0 Å². The van der Waals surface area contributed by atoms with E-state index >= 15 is 0 Å². The number of carbonyl (C=O) groups is 1. The second-order valence-corrected chi connectivity index (χ2v) is 8.82. The van der Waals surface area contributed by atoms with Crippen LogP contribution in [0.1, 0.15) is 12.5 Å². The molecule has 0 atom stereocenters. The van der Waals surface area contributed by atoms with Gasteiger partial charge in [-0.25, -0.2) is 4.98 Å². The molecule has 2 aromatic heterocycles. The number of rotatable bonds is 8. The number of thioether (sulfide) groups is 1. The molecule has 0 saturated heterocycles. The topological polar surface area (TPSA) is 81.9 Å². The highest BCUT2D eigenvalue weighted by atomic mass is 32.2. The lowest BCUT2D eigenvalue weighted by molar-refractivity contribution is -0.113. The van der Waals surface area contributed by atoms with Crippen LogP contribution < -0.4 is 10.1 Å². The van der Waals surface area contributed by atoms with Gasteiger partial charge in [0.1, 0.15) is 5.75 Å². The van der Waals surface area contributed by atoms with Gasteiger partial charge in [0, 0.05) is 23.6 Å². The molecule has 164 valence electrons. The van der Waals surface area contributed by atoms with E-state index < -0.39 is 0 Å². The number of ether oxygens (including phenoxy) is 1. The van der Waals surface area contributed by atoms with Crippen LogP contribution in [-0.2, 0) is 18.3 Å². The van der Waals surface area contributed by atoms with Gasteiger partial charge >= 0.3 is 0 Å². The van der Waals surface area contributed by atoms with E-state index in [-0.39, 0.29) is 11.7 Å². The first-order valence-corrected chi connectivity index (χ1v) is 11.9. The average molecular weight is 466 g/mol. The van der Waals surface area contributed by atoms with Crippen LogP contribution in [0.25, 0.3) is 22.6 Å². The van der Waals surface area contributed by atoms with Gasteiger partial charge in [-0.3, -0.25) is 4.79 Å². The molecule has 1 N–H and O–H groups in total. The third-order valence-corrected chi connectivity index (χ3v) is 6.68. The van der Waals surface area contributed by atoms with Crippen molar-refractivity contribution in [3.05, 3.63) is 59.5 Å². The number of aryl methyl sites for hydroxylation is 1. The van der Waals surface area contributed by atoms with Crippen LogP contribution in [-0.4, -0.2) is 38.5 Å². The lowest BCUT2D eigenvalue weighted by atomic mass is 10.1. The first-order valence-electron chi connectivity index (χ1n) is 10.1. The van der Waals surface area contributed by atoms with Gasteiger partial charge in [-0.1, -0.05) is 55.1 Å². The molecule has 2 aromatic carbocycles. The standard InChI is InChI=1S/C23H23N5O2S2/c1-4-15-8-10-16(11-9-15)19-13-31-22(24-19)25-20(29)14-32-23-27-26-21(28(23)2)17-6-5-7-18(12-17)30-3/h5-13H,4,14H2,1-3H3,(H,24,25,29). The summed E-state index contributed by atoms with van der Waals surface area (Å²) in [6.07, 6.45) is 1.00. The lowest BCUT2D eigenvalue weighted by Gasteiger charge is -2.05. The van der Waals surface area contributed by atoms with Gasteiger partial charge in [-0.05, 0) is 24.1 Å². The number of thiazole rings is 1. The summed E-state index contributed by atoms with van der Waals surface area (Å²) >= 11 is 2.75. The first-order chi connectivity index (χ1) is 15.6. The van der Waals surface area contributed by atoms with E-state index in [2.05, 4.69) is 51.7 Å². The van der Waals surface area contributed by atoms with Crippen LogP contribution in [0.5, 0.6) is 5.75 Å². The largest absolute Gasteiger partial charge is 0.497 e. The molecule has 2 heterocycles. The highest BCUT2D eigenvalue weighted by Crippen LogP contribution is 2.27. The summed E-state index contributed by atoms with van der Waals surface area (Å²) in [7, 11) is 3.51. The molecule has 0 aliphatic rings. The van der Waals surface area contributed by atoms with E-state index in [1.165, 1.54) is 28.7 Å². The molecule has 32 heavy (non-hydrogen) atoms. The number of aromatic nitrogens is 4. The SMILES string of the molecule is CCc1ccc(-c2csc(NC(=O)CSc3nnc(-c4cccc(OC)c4)n3C)n2)cc1. The predicted octanol–water partition coefficient (Wildman–Crippen LogP) is 4.91. The molecule has 9 heteroatoms. The van der Waals surface area contributed by atoms with Gasteiger partial charge in [0.15, 0.2) is 16.1 Å². The number of hydrogen-bond acceptors (Lipinski definition) is 7. The number of amides is 1. The average Bonchev–Trinajstić information content (AvgIpc) is 3.44. The number of benzene rings is 2. The van der Waals surface area contributed by atoms with Crippen LogP contribution in [0.4, 0.5) is 5.13 Å². The number of nitrogens with zero attached hydrogens (tertiary/aromatic N) is 4. The van der Waals surface area contributed by atoms with Crippen molar-refractivity contribution in [3.63, 3.8) is 0 Å². The fourth-order valence-electron chi connectivity index (χ4n) is 3.11. The van der Waals surface area contributed by atoms with Crippen molar-refractivity contribution in [2.75, 3.05) is 18.2 Å². The van der Waals surface area contributed by atoms with E-state index in [4.69, 9.17) is 4.74 Å². The number of carbonyl (C=O) groups excluding carboxylic acids is 1. The normalized spacial score (nSPS) is 10.8. The van der Waals surface area contributed by atoms with Crippen LogP contribution in [0.15, 0.2) is 59.1 Å². The van der Waals surface area contributed by atoms with Gasteiger partial charge in [0.2, 0.25) is 5.91 Å². The zero-order chi connectivity index (χ0) is 22.5. The van der Waals surface area contributed by atoms with Crippen molar-refractivity contribution < 1.29 is 9.53 Å². The van der Waals surface area contributed by atoms with Crippen molar-refractivity contribution in [3.8, 4) is 28.4 Å². The van der Waals surface area contributed by atoms with Gasteiger partial charge in [-0.2, -0.15) is 0 Å². The fraction of sp³-hybridized carbons (Fsp3) is 0.217. The zero-order valence-corrected chi connectivity index (χ0v) is 19.7. The quantitative estimate of drug-likeness (QED) is 0.373. The molecule has 0 aliphatic carbocycles. The summed E-state index contributed by atoms with van der Waals surface area (Å²) in [6.45, 7) is 2.13. The third-order valence-electron chi connectivity index (χ3n) is 4.90. The van der Waals surface area contributed by atoms with Crippen molar-refractivity contribution in [1.82, 2.24) is 19.7 Å². The minimum atomic E-state index is -0.136. The molecule has 4 aromatic rings. The Morgan fingerprint density at radius 3 is 2.72 bits per heavy atom.